The maximum absolute atomic E-state index is 12.6. The molecular formula is C25H32N6O3. The Kier molecular flexibility index (Phi) is 7.40. The predicted octanol–water partition coefficient (Wildman–Crippen LogP) is 2.38. The van der Waals surface area contributed by atoms with Crippen LogP contribution in [0, 0.1) is 11.8 Å². The van der Waals surface area contributed by atoms with Crippen LogP contribution in [-0.2, 0) is 20.8 Å². The molecule has 0 radical (unpaired) electrons. The van der Waals surface area contributed by atoms with Crippen LogP contribution in [-0.4, -0.2) is 53.9 Å². The van der Waals surface area contributed by atoms with E-state index in [4.69, 9.17) is 0 Å². The number of hydrogen-bond acceptors (Lipinski definition) is 6. The zero-order chi connectivity index (χ0) is 24.1. The third-order valence-electron chi connectivity index (χ3n) is 6.43. The highest BCUT2D eigenvalue weighted by atomic mass is 16.2. The highest BCUT2D eigenvalue weighted by Gasteiger charge is 2.26. The van der Waals surface area contributed by atoms with Crippen LogP contribution in [0.4, 0.5) is 17.3 Å². The van der Waals surface area contributed by atoms with Gasteiger partial charge in [-0.2, -0.15) is 0 Å². The molecule has 34 heavy (non-hydrogen) atoms. The van der Waals surface area contributed by atoms with E-state index in [9.17, 15) is 14.4 Å². The summed E-state index contributed by atoms with van der Waals surface area (Å²) in [6.07, 6.45) is 7.05. The van der Waals surface area contributed by atoms with Crippen molar-refractivity contribution < 1.29 is 14.4 Å². The number of piperidine rings is 1. The summed E-state index contributed by atoms with van der Waals surface area (Å²) in [7, 11) is 0. The Balaban J connectivity index is 1.28. The van der Waals surface area contributed by atoms with Crippen LogP contribution in [0.15, 0.2) is 36.7 Å². The highest BCUT2D eigenvalue weighted by molar-refractivity contribution is 6.39. The molecule has 1 saturated heterocycles. The molecule has 1 aromatic carbocycles. The lowest BCUT2D eigenvalue weighted by Gasteiger charge is -2.32. The zero-order valence-electron chi connectivity index (χ0n) is 19.8. The maximum Gasteiger partial charge on any atom is 0.313 e. The molecule has 3 amide bonds. The minimum Gasteiger partial charge on any atom is -0.348 e. The van der Waals surface area contributed by atoms with E-state index in [0.29, 0.717) is 24.7 Å². The van der Waals surface area contributed by atoms with Gasteiger partial charge in [0.1, 0.15) is 0 Å². The number of aryl methyl sites for hydroxylation is 1. The zero-order valence-corrected chi connectivity index (χ0v) is 19.8. The summed E-state index contributed by atoms with van der Waals surface area (Å²) in [4.78, 5) is 50.0. The molecule has 3 heterocycles. The van der Waals surface area contributed by atoms with Crippen LogP contribution in [0.1, 0.15) is 38.7 Å². The average molecular weight is 465 g/mol. The summed E-state index contributed by atoms with van der Waals surface area (Å²) in [5.41, 5.74) is 2.41. The highest BCUT2D eigenvalue weighted by Crippen LogP contribution is 2.31. The number of nitrogens with one attached hydrogen (secondary N) is 2. The average Bonchev–Trinajstić information content (AvgIpc) is 2.87. The Morgan fingerprint density at radius 3 is 2.50 bits per heavy atom. The van der Waals surface area contributed by atoms with E-state index in [1.165, 1.54) is 0 Å². The quantitative estimate of drug-likeness (QED) is 0.658. The molecule has 4 rings (SSSR count). The van der Waals surface area contributed by atoms with Crippen molar-refractivity contribution in [2.24, 2.45) is 11.8 Å². The second-order valence-corrected chi connectivity index (χ2v) is 9.23. The van der Waals surface area contributed by atoms with Crippen LogP contribution in [0.5, 0.6) is 0 Å². The first kappa shape index (κ1) is 23.7. The summed E-state index contributed by atoms with van der Waals surface area (Å²) in [6, 6.07) is 7.30. The van der Waals surface area contributed by atoms with Gasteiger partial charge in [-0.25, -0.2) is 9.97 Å². The number of hydrogen-bond donors (Lipinski definition) is 2. The standard InChI is InChI=1S/C25H32N6O3/c1-17(2)24(34)31-12-3-5-19-6-7-20(15-21(19)31)29-23(33)22(32)28-16-18-8-13-30(14-9-18)25-26-10-4-11-27-25/h4,6-7,10-11,15,17-18H,3,5,8-9,12-14,16H2,1-2H3,(H,28,32)(H,29,33). The van der Waals surface area contributed by atoms with Crippen molar-refractivity contribution in [1.82, 2.24) is 15.3 Å². The number of aromatic nitrogens is 2. The lowest BCUT2D eigenvalue weighted by molar-refractivity contribution is -0.136. The minimum absolute atomic E-state index is 0.0621. The molecule has 2 aliphatic rings. The molecule has 0 aliphatic carbocycles. The van der Waals surface area contributed by atoms with Gasteiger partial charge in [-0.05, 0) is 55.4 Å². The van der Waals surface area contributed by atoms with Crippen molar-refractivity contribution in [1.29, 1.82) is 0 Å². The molecule has 0 spiro atoms. The second-order valence-electron chi connectivity index (χ2n) is 9.23. The summed E-state index contributed by atoms with van der Waals surface area (Å²) in [5.74, 6) is -0.373. The fourth-order valence-corrected chi connectivity index (χ4v) is 4.49. The van der Waals surface area contributed by atoms with Gasteiger partial charge in [0.15, 0.2) is 0 Å². The monoisotopic (exact) mass is 464 g/mol. The molecule has 2 N–H and O–H groups in total. The number of carbonyl (C=O) groups excluding carboxylic acids is 3. The van der Waals surface area contributed by atoms with Gasteiger partial charge in [0.05, 0.1) is 0 Å². The third kappa shape index (κ3) is 5.52. The number of anilines is 3. The SMILES string of the molecule is CC(C)C(=O)N1CCCc2ccc(NC(=O)C(=O)NCC3CCN(c4ncccn4)CC3)cc21. The fourth-order valence-electron chi connectivity index (χ4n) is 4.49. The van der Waals surface area contributed by atoms with Crippen molar-refractivity contribution in [3.8, 4) is 0 Å². The molecule has 0 saturated carbocycles. The van der Waals surface area contributed by atoms with Gasteiger partial charge in [-0.3, -0.25) is 14.4 Å². The summed E-state index contributed by atoms with van der Waals surface area (Å²) < 4.78 is 0. The number of carbonyl (C=O) groups is 3. The maximum atomic E-state index is 12.6. The van der Waals surface area contributed by atoms with Gasteiger partial charge in [-0.1, -0.05) is 19.9 Å². The first-order chi connectivity index (χ1) is 16.4. The Morgan fingerprint density at radius 1 is 1.06 bits per heavy atom. The number of amides is 3. The van der Waals surface area contributed by atoms with Crippen molar-refractivity contribution in [3.63, 3.8) is 0 Å². The van der Waals surface area contributed by atoms with Gasteiger partial charge in [0.25, 0.3) is 0 Å². The molecular weight excluding hydrogens is 432 g/mol. The Morgan fingerprint density at radius 2 is 1.79 bits per heavy atom. The van der Waals surface area contributed by atoms with Crippen LogP contribution < -0.4 is 20.4 Å². The predicted molar refractivity (Wildman–Crippen MR) is 131 cm³/mol. The van der Waals surface area contributed by atoms with E-state index in [1.54, 1.807) is 35.5 Å². The molecule has 1 aromatic heterocycles. The Hall–Kier alpha value is -3.49. The Bertz CT molecular complexity index is 1030. The first-order valence-electron chi connectivity index (χ1n) is 12.0. The largest absolute Gasteiger partial charge is 0.348 e. The number of rotatable bonds is 5. The smallest absolute Gasteiger partial charge is 0.313 e. The molecule has 2 aliphatic heterocycles. The summed E-state index contributed by atoms with van der Waals surface area (Å²) >= 11 is 0. The molecule has 0 unspecified atom stereocenters. The normalized spacial score (nSPS) is 16.2. The number of benzene rings is 1. The van der Waals surface area contributed by atoms with E-state index < -0.39 is 11.8 Å². The minimum atomic E-state index is -0.701. The molecule has 9 heteroatoms. The van der Waals surface area contributed by atoms with Gasteiger partial charge in [0.2, 0.25) is 11.9 Å². The number of fused-ring (bicyclic) bond motifs is 1. The third-order valence-corrected chi connectivity index (χ3v) is 6.43. The van der Waals surface area contributed by atoms with Gasteiger partial charge in [-0.15, -0.1) is 0 Å². The van der Waals surface area contributed by atoms with Crippen LogP contribution in [0.25, 0.3) is 0 Å². The van der Waals surface area contributed by atoms with Crippen molar-refractivity contribution in [3.05, 3.63) is 42.2 Å². The van der Waals surface area contributed by atoms with Crippen LogP contribution in [0.2, 0.25) is 0 Å². The van der Waals surface area contributed by atoms with E-state index in [2.05, 4.69) is 25.5 Å². The molecule has 0 bridgehead atoms. The summed E-state index contributed by atoms with van der Waals surface area (Å²) in [5, 5.41) is 5.45. The number of nitrogens with zero attached hydrogens (tertiary/aromatic N) is 4. The first-order valence-corrected chi connectivity index (χ1v) is 12.0. The molecule has 2 aromatic rings. The molecule has 0 atom stereocenters. The Labute approximate surface area is 199 Å². The lowest BCUT2D eigenvalue weighted by atomic mass is 9.97. The van der Waals surface area contributed by atoms with E-state index in [1.807, 2.05) is 19.9 Å². The summed E-state index contributed by atoms with van der Waals surface area (Å²) in [6.45, 7) is 6.51. The van der Waals surface area contributed by atoms with Crippen LogP contribution >= 0.6 is 0 Å². The molecule has 1 fully saturated rings. The van der Waals surface area contributed by atoms with Crippen molar-refractivity contribution in [2.75, 3.05) is 41.3 Å². The lowest BCUT2D eigenvalue weighted by Crippen LogP contribution is -2.42. The van der Waals surface area contributed by atoms with E-state index >= 15 is 0 Å². The van der Waals surface area contributed by atoms with Crippen molar-refractivity contribution in [2.45, 2.75) is 39.5 Å². The molecule has 9 nitrogen and oxygen atoms in total. The topological polar surface area (TPSA) is 108 Å². The fraction of sp³-hybridized carbons (Fsp3) is 0.480. The van der Waals surface area contributed by atoms with Crippen LogP contribution in [0.3, 0.4) is 0 Å². The van der Waals surface area contributed by atoms with Gasteiger partial charge in [0, 0.05) is 55.9 Å². The van der Waals surface area contributed by atoms with E-state index in [-0.39, 0.29) is 11.8 Å². The van der Waals surface area contributed by atoms with E-state index in [0.717, 1.165) is 56.0 Å². The van der Waals surface area contributed by atoms with Gasteiger partial charge < -0.3 is 20.4 Å². The molecule has 180 valence electrons. The second kappa shape index (κ2) is 10.6. The van der Waals surface area contributed by atoms with Gasteiger partial charge >= 0.3 is 11.8 Å². The van der Waals surface area contributed by atoms with Crippen molar-refractivity contribution >= 4 is 35.0 Å².